The molecule has 1 amide bonds. The third kappa shape index (κ3) is 4.40. The lowest BCUT2D eigenvalue weighted by Crippen LogP contribution is -2.48. The van der Waals surface area contributed by atoms with Crippen molar-refractivity contribution in [2.75, 3.05) is 38.0 Å². The highest BCUT2D eigenvalue weighted by atomic mass is 32.2. The van der Waals surface area contributed by atoms with Crippen LogP contribution in [0.1, 0.15) is 24.8 Å². The van der Waals surface area contributed by atoms with Crippen LogP contribution in [-0.4, -0.2) is 56.3 Å². The number of nitrogens with zero attached hydrogens (tertiary/aromatic N) is 2. The summed E-state index contributed by atoms with van der Waals surface area (Å²) in [7, 11) is -3.53. The van der Waals surface area contributed by atoms with Gasteiger partial charge in [-0.1, -0.05) is 19.1 Å². The number of sulfonamides is 1. The van der Waals surface area contributed by atoms with Gasteiger partial charge in [0.25, 0.3) is 0 Å². The maximum atomic E-state index is 13.1. The Hall–Kier alpha value is -2.29. The molecule has 1 saturated heterocycles. The van der Waals surface area contributed by atoms with E-state index in [4.69, 9.17) is 0 Å². The van der Waals surface area contributed by atoms with Gasteiger partial charge in [-0.05, 0) is 60.8 Å². The van der Waals surface area contributed by atoms with Crippen LogP contribution in [0.2, 0.25) is 0 Å². The molecule has 0 radical (unpaired) electrons. The highest BCUT2D eigenvalue weighted by Gasteiger charge is 2.43. The van der Waals surface area contributed by atoms with Gasteiger partial charge in [0.2, 0.25) is 15.9 Å². The summed E-state index contributed by atoms with van der Waals surface area (Å²) in [5.74, 6) is -0.431. The van der Waals surface area contributed by atoms with Gasteiger partial charge in [0, 0.05) is 37.8 Å². The molecule has 1 heterocycles. The van der Waals surface area contributed by atoms with Crippen molar-refractivity contribution in [2.24, 2.45) is 5.92 Å². The molecule has 2 aliphatic rings. The highest BCUT2D eigenvalue weighted by molar-refractivity contribution is 7.89. The third-order valence-electron chi connectivity index (χ3n) is 5.96. The van der Waals surface area contributed by atoms with Gasteiger partial charge in [-0.3, -0.25) is 4.79 Å². The first-order chi connectivity index (χ1) is 14.4. The van der Waals surface area contributed by atoms with Gasteiger partial charge in [0.05, 0.1) is 4.90 Å². The molecule has 0 spiro atoms. The molecule has 2 unspecified atom stereocenters. The van der Waals surface area contributed by atoms with Crippen LogP contribution in [0.4, 0.5) is 10.1 Å². The second-order valence-corrected chi connectivity index (χ2v) is 9.79. The molecule has 1 aliphatic carbocycles. The summed E-state index contributed by atoms with van der Waals surface area (Å²) in [4.78, 5) is 15.0. The third-order valence-corrected chi connectivity index (χ3v) is 7.88. The molecule has 160 valence electrons. The van der Waals surface area contributed by atoms with Crippen LogP contribution < -0.4 is 5.32 Å². The van der Waals surface area contributed by atoms with Crippen molar-refractivity contribution in [1.82, 2.24) is 9.21 Å². The Morgan fingerprint density at radius 2 is 1.67 bits per heavy atom. The van der Waals surface area contributed by atoms with E-state index in [-0.39, 0.29) is 28.5 Å². The maximum Gasteiger partial charge on any atom is 0.243 e. The van der Waals surface area contributed by atoms with Gasteiger partial charge in [0.15, 0.2) is 0 Å². The number of piperazine rings is 1. The normalized spacial score (nSPS) is 22.6. The molecule has 1 aliphatic heterocycles. The quantitative estimate of drug-likeness (QED) is 0.764. The largest absolute Gasteiger partial charge is 0.326 e. The number of amides is 1. The highest BCUT2D eigenvalue weighted by Crippen LogP contribution is 2.48. The SMILES string of the molecule is CCN1CCN(S(=O)(=O)c2ccc(NC(=O)C3CC3c3ccc(F)cc3)cc2)CC1. The van der Waals surface area contributed by atoms with E-state index < -0.39 is 10.0 Å². The van der Waals surface area contributed by atoms with Crippen LogP contribution in [-0.2, 0) is 14.8 Å². The molecule has 2 fully saturated rings. The molecule has 2 atom stereocenters. The Morgan fingerprint density at radius 1 is 1.03 bits per heavy atom. The first-order valence-electron chi connectivity index (χ1n) is 10.3. The monoisotopic (exact) mass is 431 g/mol. The average Bonchev–Trinajstić information content (AvgIpc) is 3.56. The minimum Gasteiger partial charge on any atom is -0.326 e. The Balaban J connectivity index is 1.36. The molecule has 8 heteroatoms. The summed E-state index contributed by atoms with van der Waals surface area (Å²) in [6, 6.07) is 12.6. The van der Waals surface area contributed by atoms with Crippen molar-refractivity contribution >= 4 is 21.6 Å². The van der Waals surface area contributed by atoms with E-state index >= 15 is 0 Å². The van der Waals surface area contributed by atoms with Gasteiger partial charge in [-0.25, -0.2) is 12.8 Å². The first-order valence-corrected chi connectivity index (χ1v) is 11.7. The molecule has 0 aromatic heterocycles. The van der Waals surface area contributed by atoms with E-state index in [1.165, 1.54) is 16.4 Å². The number of carbonyl (C=O) groups excluding carboxylic acids is 1. The van der Waals surface area contributed by atoms with Crippen LogP contribution in [0.5, 0.6) is 0 Å². The summed E-state index contributed by atoms with van der Waals surface area (Å²) in [6.45, 7) is 5.44. The van der Waals surface area contributed by atoms with Crippen molar-refractivity contribution < 1.29 is 17.6 Å². The second kappa shape index (κ2) is 8.45. The zero-order valence-electron chi connectivity index (χ0n) is 16.9. The van der Waals surface area contributed by atoms with Crippen molar-refractivity contribution in [3.63, 3.8) is 0 Å². The number of rotatable bonds is 6. The summed E-state index contributed by atoms with van der Waals surface area (Å²) < 4.78 is 40.3. The van der Waals surface area contributed by atoms with Crippen LogP contribution in [0.15, 0.2) is 53.4 Å². The standard InChI is InChI=1S/C22H26FN3O3S/c1-2-25-11-13-26(14-12-25)30(28,29)19-9-7-18(8-10-19)24-22(27)21-15-20(21)16-3-5-17(23)6-4-16/h3-10,20-21H,2,11-15H2,1H3,(H,24,27). The van der Waals surface area contributed by atoms with Gasteiger partial charge in [0.1, 0.15) is 5.82 Å². The fraction of sp³-hybridized carbons (Fsp3) is 0.409. The molecule has 4 rings (SSSR count). The van der Waals surface area contributed by atoms with Gasteiger partial charge < -0.3 is 10.2 Å². The number of anilines is 1. The molecule has 1 N–H and O–H groups in total. The summed E-state index contributed by atoms with van der Waals surface area (Å²) in [5, 5.41) is 2.86. The number of benzene rings is 2. The van der Waals surface area contributed by atoms with Crippen LogP contribution in [0.25, 0.3) is 0 Å². The minimum atomic E-state index is -3.53. The maximum absolute atomic E-state index is 13.1. The number of nitrogens with one attached hydrogen (secondary N) is 1. The van der Waals surface area contributed by atoms with Crippen molar-refractivity contribution in [1.29, 1.82) is 0 Å². The number of hydrogen-bond donors (Lipinski definition) is 1. The molecule has 1 saturated carbocycles. The molecule has 6 nitrogen and oxygen atoms in total. The fourth-order valence-electron chi connectivity index (χ4n) is 3.94. The van der Waals surface area contributed by atoms with Gasteiger partial charge in [-0.2, -0.15) is 4.31 Å². The lowest BCUT2D eigenvalue weighted by Gasteiger charge is -2.33. The Labute approximate surface area is 176 Å². The summed E-state index contributed by atoms with van der Waals surface area (Å²) in [5.41, 5.74) is 1.53. The summed E-state index contributed by atoms with van der Waals surface area (Å²) in [6.07, 6.45) is 0.730. The van der Waals surface area contributed by atoms with Crippen LogP contribution in [0.3, 0.4) is 0 Å². The van der Waals surface area contributed by atoms with Crippen molar-refractivity contribution in [3.8, 4) is 0 Å². The number of carbonyl (C=O) groups is 1. The second-order valence-electron chi connectivity index (χ2n) is 7.85. The van der Waals surface area contributed by atoms with Gasteiger partial charge in [-0.15, -0.1) is 0 Å². The average molecular weight is 432 g/mol. The van der Waals surface area contributed by atoms with E-state index in [2.05, 4.69) is 17.1 Å². The van der Waals surface area contributed by atoms with E-state index in [9.17, 15) is 17.6 Å². The first kappa shape index (κ1) is 21.0. The molecule has 2 aromatic carbocycles. The number of hydrogen-bond acceptors (Lipinski definition) is 4. The molecular weight excluding hydrogens is 405 g/mol. The zero-order chi connectivity index (χ0) is 21.3. The number of halogens is 1. The zero-order valence-corrected chi connectivity index (χ0v) is 17.7. The van der Waals surface area contributed by atoms with E-state index in [0.717, 1.165) is 31.6 Å². The minimum absolute atomic E-state index is 0.101. The summed E-state index contributed by atoms with van der Waals surface area (Å²) >= 11 is 0. The fourth-order valence-corrected chi connectivity index (χ4v) is 5.37. The Kier molecular flexibility index (Phi) is 5.90. The number of likely N-dealkylation sites (N-methyl/N-ethyl adjacent to an activating group) is 1. The lowest BCUT2D eigenvalue weighted by atomic mass is 10.1. The van der Waals surface area contributed by atoms with Crippen LogP contribution >= 0.6 is 0 Å². The Bertz CT molecular complexity index is 1000. The molecule has 30 heavy (non-hydrogen) atoms. The Morgan fingerprint density at radius 3 is 2.27 bits per heavy atom. The topological polar surface area (TPSA) is 69.7 Å². The molecular formula is C22H26FN3O3S. The van der Waals surface area contributed by atoms with E-state index in [1.807, 2.05) is 0 Å². The van der Waals surface area contributed by atoms with E-state index in [1.54, 1.807) is 36.4 Å². The van der Waals surface area contributed by atoms with Crippen molar-refractivity contribution in [2.45, 2.75) is 24.2 Å². The van der Waals surface area contributed by atoms with Crippen molar-refractivity contribution in [3.05, 3.63) is 59.9 Å². The smallest absolute Gasteiger partial charge is 0.243 e. The predicted octanol–water partition coefficient (Wildman–Crippen LogP) is 2.89. The lowest BCUT2D eigenvalue weighted by molar-refractivity contribution is -0.117. The molecule has 2 aromatic rings. The van der Waals surface area contributed by atoms with Gasteiger partial charge >= 0.3 is 0 Å². The van der Waals surface area contributed by atoms with E-state index in [0.29, 0.717) is 18.8 Å². The molecule has 0 bridgehead atoms. The predicted molar refractivity (Wildman–Crippen MR) is 113 cm³/mol. The van der Waals surface area contributed by atoms with Crippen LogP contribution in [0, 0.1) is 11.7 Å².